The monoisotopic (exact) mass is 749 g/mol. The molecule has 0 saturated heterocycles. The van der Waals surface area contributed by atoms with Gasteiger partial charge in [-0.05, 0) is 98.2 Å². The zero-order chi connectivity index (χ0) is 40.2. The molecule has 0 aliphatic rings. The van der Waals surface area contributed by atoms with Crippen LogP contribution in [0.15, 0.2) is 186 Å². The minimum atomic E-state index is 0.895. The Labute approximate surface area is 350 Å². The fourth-order valence-electron chi connectivity index (χ4n) is 9.05. The number of furan rings is 1. The second-order valence-electron chi connectivity index (χ2n) is 15.9. The van der Waals surface area contributed by atoms with Crippen LogP contribution in [0.3, 0.4) is 0 Å². The topological polar surface area (TPSA) is 16.4 Å². The van der Waals surface area contributed by atoms with Crippen molar-refractivity contribution in [3.8, 4) is 44.5 Å². The van der Waals surface area contributed by atoms with Gasteiger partial charge in [0.15, 0.2) is 0 Å². The van der Waals surface area contributed by atoms with E-state index in [2.05, 4.69) is 220 Å². The lowest BCUT2D eigenvalue weighted by Crippen LogP contribution is -2.55. The molecule has 1 heterocycles. The van der Waals surface area contributed by atoms with Crippen molar-refractivity contribution in [3.05, 3.63) is 182 Å². The molecule has 274 valence electrons. The second-order valence-corrected chi connectivity index (χ2v) is 15.9. The van der Waals surface area contributed by atoms with Gasteiger partial charge in [0.25, 0.3) is 0 Å². The highest BCUT2D eigenvalue weighted by molar-refractivity contribution is 6.68. The van der Waals surface area contributed by atoms with Crippen LogP contribution in [-0.2, 0) is 0 Å². The Morgan fingerprint density at radius 2 is 0.831 bits per heavy atom. The summed E-state index contributed by atoms with van der Waals surface area (Å²) in [5.41, 5.74) is 21.6. The molecular weight excluding hydrogens is 709 g/mol. The van der Waals surface area contributed by atoms with Crippen molar-refractivity contribution >= 4 is 116 Å². The fourth-order valence-corrected chi connectivity index (χ4v) is 9.05. The van der Waals surface area contributed by atoms with Crippen molar-refractivity contribution in [3.63, 3.8) is 0 Å². The van der Waals surface area contributed by atoms with Crippen molar-refractivity contribution in [2.75, 3.05) is 4.90 Å². The van der Waals surface area contributed by atoms with Gasteiger partial charge in [-0.25, -0.2) is 0 Å². The smallest absolute Gasteiger partial charge is 0.143 e. The van der Waals surface area contributed by atoms with Crippen LogP contribution in [0.1, 0.15) is 0 Å². The van der Waals surface area contributed by atoms with Crippen LogP contribution in [-0.4, -0.2) is 39.2 Å². The van der Waals surface area contributed by atoms with Crippen molar-refractivity contribution in [1.82, 2.24) is 0 Å². The zero-order valence-corrected chi connectivity index (χ0v) is 34.2. The van der Waals surface area contributed by atoms with E-state index >= 15 is 0 Å². The van der Waals surface area contributed by atoms with Crippen LogP contribution in [0.4, 0.5) is 17.1 Å². The summed E-state index contributed by atoms with van der Waals surface area (Å²) in [6.07, 6.45) is 0. The van der Waals surface area contributed by atoms with E-state index in [1.54, 1.807) is 0 Å². The number of benzene rings is 9. The molecule has 0 N–H and O–H groups in total. The van der Waals surface area contributed by atoms with E-state index in [-0.39, 0.29) is 0 Å². The quantitative estimate of drug-likeness (QED) is 0.182. The van der Waals surface area contributed by atoms with Crippen LogP contribution in [0.25, 0.3) is 77.2 Å². The molecule has 0 saturated carbocycles. The summed E-state index contributed by atoms with van der Waals surface area (Å²) in [6.45, 7) is 0. The first-order valence-electron chi connectivity index (χ1n) is 20.5. The van der Waals surface area contributed by atoms with Crippen LogP contribution < -0.4 is 32.2 Å². The van der Waals surface area contributed by atoms with Crippen LogP contribution in [0, 0.1) is 0 Å². The molecule has 0 aliphatic heterocycles. The van der Waals surface area contributed by atoms with Crippen molar-refractivity contribution in [1.29, 1.82) is 0 Å². The maximum absolute atomic E-state index is 6.49. The summed E-state index contributed by atoms with van der Waals surface area (Å²) in [4.78, 5) is 2.36. The van der Waals surface area contributed by atoms with Crippen molar-refractivity contribution < 1.29 is 4.42 Å². The zero-order valence-electron chi connectivity index (χ0n) is 34.2. The van der Waals surface area contributed by atoms with Crippen LogP contribution in [0.5, 0.6) is 0 Å². The van der Waals surface area contributed by atoms with E-state index in [0.29, 0.717) is 0 Å². The molecule has 0 atom stereocenters. The van der Waals surface area contributed by atoms with Crippen LogP contribution in [0.2, 0.25) is 0 Å². The molecule has 0 unspecified atom stereocenters. The standard InChI is InChI=1S/C52H40B5NO/c53-47-46(48(54)50(56)51(57)49(47)55)35-20-27-39(28-21-35)58(38-25-18-34(19-26-38)41-13-6-11-32-10-4-5-12-40(32)41)37-23-16-31(17-24-37)36-22-29-45-44(30-36)43-15-7-14-42(52(43)59-45)33-8-2-1-3-9-33/h1-30H,53-57H2. The molecule has 0 aliphatic carbocycles. The molecule has 0 bridgehead atoms. The third-order valence-electron chi connectivity index (χ3n) is 12.7. The number of fused-ring (bicyclic) bond motifs is 4. The molecule has 0 amide bonds. The van der Waals surface area contributed by atoms with E-state index in [4.69, 9.17) is 4.42 Å². The first-order chi connectivity index (χ1) is 28.8. The molecule has 0 fully saturated rings. The highest BCUT2D eigenvalue weighted by Gasteiger charge is 2.18. The van der Waals surface area contributed by atoms with Gasteiger partial charge in [0.2, 0.25) is 0 Å². The minimum absolute atomic E-state index is 0.895. The van der Waals surface area contributed by atoms with Gasteiger partial charge in [-0.3, -0.25) is 0 Å². The van der Waals surface area contributed by atoms with Crippen LogP contribution >= 0.6 is 0 Å². The normalized spacial score (nSPS) is 11.4. The van der Waals surface area contributed by atoms with E-state index in [9.17, 15) is 0 Å². The van der Waals surface area contributed by atoms with Gasteiger partial charge < -0.3 is 9.32 Å². The molecule has 2 nitrogen and oxygen atoms in total. The minimum Gasteiger partial charge on any atom is -0.455 e. The molecule has 59 heavy (non-hydrogen) atoms. The van der Waals surface area contributed by atoms with Gasteiger partial charge in [-0.15, -0.1) is 16.4 Å². The highest BCUT2D eigenvalue weighted by Crippen LogP contribution is 2.40. The number of nitrogens with zero attached hydrogens (tertiary/aromatic N) is 1. The number of hydrogen-bond acceptors (Lipinski definition) is 2. The molecular formula is C52H40B5NO. The van der Waals surface area contributed by atoms with E-state index in [1.807, 2.05) is 6.07 Å². The number of rotatable bonds is 7. The Kier molecular flexibility index (Phi) is 9.18. The highest BCUT2D eigenvalue weighted by atomic mass is 16.3. The second kappa shape index (κ2) is 14.8. The van der Waals surface area contributed by atoms with Gasteiger partial charge >= 0.3 is 0 Å². The Bertz CT molecular complexity index is 3160. The lowest BCUT2D eigenvalue weighted by atomic mass is 9.60. The molecule has 1 aromatic heterocycles. The Morgan fingerprint density at radius 1 is 0.339 bits per heavy atom. The molecule has 7 heteroatoms. The maximum Gasteiger partial charge on any atom is 0.143 e. The maximum atomic E-state index is 6.49. The summed E-state index contributed by atoms with van der Waals surface area (Å²) in [5.74, 6) is 0. The Balaban J connectivity index is 1.04. The number of anilines is 3. The first-order valence-corrected chi connectivity index (χ1v) is 20.5. The third-order valence-corrected chi connectivity index (χ3v) is 12.7. The van der Waals surface area contributed by atoms with E-state index in [0.717, 1.165) is 61.3 Å². The molecule has 9 aromatic carbocycles. The SMILES string of the molecule is Bc1c(B)c(B)c(-c2ccc(N(c3ccc(-c4ccc5oc6c(-c7ccccc7)cccc6c5c4)cc3)c3ccc(-c4cccc5ccccc45)cc3)cc2)c(B)c1B. The van der Waals surface area contributed by atoms with Crippen molar-refractivity contribution in [2.24, 2.45) is 0 Å². The Hall–Kier alpha value is -6.84. The summed E-state index contributed by atoms with van der Waals surface area (Å²) in [7, 11) is 11.3. The summed E-state index contributed by atoms with van der Waals surface area (Å²) >= 11 is 0. The average molecular weight is 749 g/mol. The Morgan fingerprint density at radius 3 is 1.51 bits per heavy atom. The average Bonchev–Trinajstić information content (AvgIpc) is 3.67. The summed E-state index contributed by atoms with van der Waals surface area (Å²) in [6, 6.07) is 65.7. The summed E-state index contributed by atoms with van der Waals surface area (Å²) in [5, 5.41) is 4.76. The fraction of sp³-hybridized carbons (Fsp3) is 0. The predicted molar refractivity (Wildman–Crippen MR) is 269 cm³/mol. The van der Waals surface area contributed by atoms with Gasteiger partial charge in [0.1, 0.15) is 50.4 Å². The van der Waals surface area contributed by atoms with E-state index < -0.39 is 0 Å². The van der Waals surface area contributed by atoms with Gasteiger partial charge in [-0.2, -0.15) is 0 Å². The third kappa shape index (κ3) is 6.39. The van der Waals surface area contributed by atoms with Gasteiger partial charge in [0.05, 0.1) is 0 Å². The molecule has 0 spiro atoms. The molecule has 0 radical (unpaired) electrons. The molecule has 10 rings (SSSR count). The lowest BCUT2D eigenvalue weighted by molar-refractivity contribution is 0.670. The van der Waals surface area contributed by atoms with E-state index in [1.165, 1.54) is 60.3 Å². The summed E-state index contributed by atoms with van der Waals surface area (Å²) < 4.78 is 6.49. The van der Waals surface area contributed by atoms with Gasteiger partial charge in [-0.1, -0.05) is 144 Å². The lowest BCUT2D eigenvalue weighted by Gasteiger charge is -2.27. The largest absolute Gasteiger partial charge is 0.455 e. The number of hydrogen-bond donors (Lipinski definition) is 0. The predicted octanol–water partition coefficient (Wildman–Crippen LogP) is 6.17. The van der Waals surface area contributed by atoms with Crippen molar-refractivity contribution in [2.45, 2.75) is 0 Å². The van der Waals surface area contributed by atoms with Gasteiger partial charge in [0, 0.05) is 33.4 Å². The first kappa shape index (κ1) is 36.5. The molecule has 10 aromatic rings. The number of para-hydroxylation sites is 1.